The number of ether oxygens (including phenoxy) is 1. The van der Waals surface area contributed by atoms with Gasteiger partial charge in [-0.2, -0.15) is 0 Å². The molecule has 2 aromatic carbocycles. The van der Waals surface area contributed by atoms with E-state index in [4.69, 9.17) is 16.3 Å². The zero-order chi connectivity index (χ0) is 13.1. The summed E-state index contributed by atoms with van der Waals surface area (Å²) in [5.74, 6) is 1.12. The topological polar surface area (TPSA) is 52.4 Å². The minimum Gasteiger partial charge on any atom is -0.457 e. The Morgan fingerprint density at radius 3 is 2.28 bits per heavy atom. The van der Waals surface area contributed by atoms with Crippen LogP contribution in [0.15, 0.2) is 46.9 Å². The fourth-order valence-corrected chi connectivity index (χ4v) is 1.97. The van der Waals surface area contributed by atoms with E-state index in [2.05, 4.69) is 15.9 Å². The van der Waals surface area contributed by atoms with Gasteiger partial charge in [0.25, 0.3) is 5.69 Å². The van der Waals surface area contributed by atoms with Crippen molar-refractivity contribution in [1.29, 1.82) is 0 Å². The minimum atomic E-state index is -0.462. The maximum absolute atomic E-state index is 10.6. The van der Waals surface area contributed by atoms with Crippen molar-refractivity contribution in [1.82, 2.24) is 0 Å². The standard InChI is InChI=1S/C12H7BrClNO3/c13-11-7-10(5-6-12(11)15(16)17)18-9-3-1-8(14)2-4-9/h1-7H. The molecule has 2 aromatic rings. The monoisotopic (exact) mass is 327 g/mol. The third kappa shape index (κ3) is 3.00. The molecule has 0 aliphatic rings. The van der Waals surface area contributed by atoms with Crippen LogP contribution in [0.4, 0.5) is 5.69 Å². The van der Waals surface area contributed by atoms with Crippen LogP contribution in [0.2, 0.25) is 5.02 Å². The molecule has 0 radical (unpaired) electrons. The van der Waals surface area contributed by atoms with Crippen molar-refractivity contribution in [2.75, 3.05) is 0 Å². The summed E-state index contributed by atoms with van der Waals surface area (Å²) in [5, 5.41) is 11.3. The summed E-state index contributed by atoms with van der Waals surface area (Å²) >= 11 is 8.89. The Kier molecular flexibility index (Phi) is 3.84. The molecule has 0 saturated carbocycles. The van der Waals surface area contributed by atoms with Crippen molar-refractivity contribution in [3.63, 3.8) is 0 Å². The van der Waals surface area contributed by atoms with E-state index < -0.39 is 4.92 Å². The van der Waals surface area contributed by atoms with Gasteiger partial charge in [-0.3, -0.25) is 10.1 Å². The zero-order valence-corrected chi connectivity index (χ0v) is 11.3. The van der Waals surface area contributed by atoms with E-state index in [1.807, 2.05) is 0 Å². The summed E-state index contributed by atoms with van der Waals surface area (Å²) in [6.45, 7) is 0. The number of nitro benzene ring substituents is 1. The summed E-state index contributed by atoms with van der Waals surface area (Å²) in [5.41, 5.74) is -0.00143. The molecule has 6 heteroatoms. The van der Waals surface area contributed by atoms with E-state index in [0.717, 1.165) is 0 Å². The SMILES string of the molecule is O=[N+]([O-])c1ccc(Oc2ccc(Cl)cc2)cc1Br. The molecule has 0 spiro atoms. The minimum absolute atomic E-state index is 0.00143. The lowest BCUT2D eigenvalue weighted by atomic mass is 10.3. The first-order chi connectivity index (χ1) is 8.56. The molecule has 2 rings (SSSR count). The second-order valence-corrected chi connectivity index (χ2v) is 4.72. The summed E-state index contributed by atoms with van der Waals surface area (Å²) in [6, 6.07) is 11.3. The quantitative estimate of drug-likeness (QED) is 0.600. The highest BCUT2D eigenvalue weighted by Gasteiger charge is 2.12. The maximum atomic E-state index is 10.6. The van der Waals surface area contributed by atoms with Crippen molar-refractivity contribution in [3.05, 3.63) is 62.1 Å². The van der Waals surface area contributed by atoms with Crippen molar-refractivity contribution in [3.8, 4) is 11.5 Å². The average Bonchev–Trinajstić information content (AvgIpc) is 2.32. The second kappa shape index (κ2) is 5.37. The number of benzene rings is 2. The lowest BCUT2D eigenvalue weighted by Gasteiger charge is -2.06. The van der Waals surface area contributed by atoms with Crippen LogP contribution in [-0.2, 0) is 0 Å². The largest absolute Gasteiger partial charge is 0.457 e. The molecule has 0 aliphatic carbocycles. The first-order valence-electron chi connectivity index (χ1n) is 4.93. The number of nitro groups is 1. The molecular weight excluding hydrogens is 321 g/mol. The molecule has 0 bridgehead atoms. The lowest BCUT2D eigenvalue weighted by Crippen LogP contribution is -1.90. The molecule has 4 nitrogen and oxygen atoms in total. The van der Waals surface area contributed by atoms with Gasteiger partial charge in [0.1, 0.15) is 11.5 Å². The van der Waals surface area contributed by atoms with Gasteiger partial charge in [0, 0.05) is 17.2 Å². The zero-order valence-electron chi connectivity index (χ0n) is 8.97. The van der Waals surface area contributed by atoms with Crippen LogP contribution < -0.4 is 4.74 Å². The van der Waals surface area contributed by atoms with Crippen LogP contribution in [0.1, 0.15) is 0 Å². The summed E-state index contributed by atoms with van der Waals surface area (Å²) in [7, 11) is 0. The van der Waals surface area contributed by atoms with Gasteiger partial charge < -0.3 is 4.74 Å². The predicted octanol–water partition coefficient (Wildman–Crippen LogP) is 4.80. The normalized spacial score (nSPS) is 10.1. The molecule has 0 amide bonds. The van der Waals surface area contributed by atoms with Gasteiger partial charge in [0.2, 0.25) is 0 Å². The highest BCUT2D eigenvalue weighted by atomic mass is 79.9. The van der Waals surface area contributed by atoms with E-state index in [1.165, 1.54) is 12.1 Å². The second-order valence-electron chi connectivity index (χ2n) is 3.43. The van der Waals surface area contributed by atoms with Gasteiger partial charge in [0.05, 0.1) is 9.40 Å². The van der Waals surface area contributed by atoms with Crippen LogP contribution >= 0.6 is 27.5 Å². The van der Waals surface area contributed by atoms with Crippen molar-refractivity contribution >= 4 is 33.2 Å². The molecule has 18 heavy (non-hydrogen) atoms. The van der Waals surface area contributed by atoms with Crippen molar-refractivity contribution in [2.45, 2.75) is 0 Å². The molecular formula is C12H7BrClNO3. The summed E-state index contributed by atoms with van der Waals surface area (Å²) in [6.07, 6.45) is 0. The third-order valence-electron chi connectivity index (χ3n) is 2.17. The number of hydrogen-bond acceptors (Lipinski definition) is 3. The molecule has 0 aromatic heterocycles. The first-order valence-corrected chi connectivity index (χ1v) is 6.11. The number of rotatable bonds is 3. The molecule has 0 aliphatic heterocycles. The van der Waals surface area contributed by atoms with Crippen molar-refractivity contribution in [2.24, 2.45) is 0 Å². The van der Waals surface area contributed by atoms with E-state index >= 15 is 0 Å². The maximum Gasteiger partial charge on any atom is 0.283 e. The van der Waals surface area contributed by atoms with Crippen LogP contribution in [0.3, 0.4) is 0 Å². The fourth-order valence-electron chi connectivity index (χ4n) is 1.34. The summed E-state index contributed by atoms with van der Waals surface area (Å²) in [4.78, 5) is 10.2. The van der Waals surface area contributed by atoms with E-state index in [1.54, 1.807) is 30.3 Å². The summed E-state index contributed by atoms with van der Waals surface area (Å²) < 4.78 is 5.91. The smallest absolute Gasteiger partial charge is 0.283 e. The molecule has 0 N–H and O–H groups in total. The van der Waals surface area contributed by atoms with E-state index in [-0.39, 0.29) is 5.69 Å². The van der Waals surface area contributed by atoms with Gasteiger partial charge in [0.15, 0.2) is 0 Å². The first kappa shape index (κ1) is 12.9. The highest BCUT2D eigenvalue weighted by molar-refractivity contribution is 9.10. The Hall–Kier alpha value is -1.59. The molecule has 0 heterocycles. The lowest BCUT2D eigenvalue weighted by molar-refractivity contribution is -0.385. The Morgan fingerprint density at radius 1 is 1.11 bits per heavy atom. The van der Waals surface area contributed by atoms with Gasteiger partial charge >= 0.3 is 0 Å². The number of hydrogen-bond donors (Lipinski definition) is 0. The Morgan fingerprint density at radius 2 is 1.72 bits per heavy atom. The van der Waals surface area contributed by atoms with Crippen molar-refractivity contribution < 1.29 is 9.66 Å². The van der Waals surface area contributed by atoms with Crippen LogP contribution in [0.5, 0.6) is 11.5 Å². The van der Waals surface area contributed by atoms with Crippen LogP contribution in [-0.4, -0.2) is 4.92 Å². The predicted molar refractivity (Wildman–Crippen MR) is 72.3 cm³/mol. The van der Waals surface area contributed by atoms with Gasteiger partial charge in [-0.05, 0) is 46.3 Å². The van der Waals surface area contributed by atoms with Gasteiger partial charge in [-0.1, -0.05) is 11.6 Å². The molecule has 92 valence electrons. The Bertz CT molecular complexity index is 586. The van der Waals surface area contributed by atoms with Crippen LogP contribution in [0, 0.1) is 10.1 Å². The Labute approximate surface area is 116 Å². The van der Waals surface area contributed by atoms with Gasteiger partial charge in [-0.25, -0.2) is 0 Å². The number of halogens is 2. The molecule has 0 atom stereocenters. The van der Waals surface area contributed by atoms with Gasteiger partial charge in [-0.15, -0.1) is 0 Å². The molecule has 0 unspecified atom stereocenters. The highest BCUT2D eigenvalue weighted by Crippen LogP contribution is 2.31. The third-order valence-corrected chi connectivity index (χ3v) is 3.05. The average molecular weight is 329 g/mol. The Balaban J connectivity index is 2.22. The van der Waals surface area contributed by atoms with E-state index in [0.29, 0.717) is 21.0 Å². The molecule has 0 saturated heterocycles. The van der Waals surface area contributed by atoms with E-state index in [9.17, 15) is 10.1 Å². The van der Waals surface area contributed by atoms with Crippen LogP contribution in [0.25, 0.3) is 0 Å². The molecule has 0 fully saturated rings. The number of nitrogens with zero attached hydrogens (tertiary/aromatic N) is 1. The fraction of sp³-hybridized carbons (Fsp3) is 0.